The molecule has 0 saturated carbocycles. The largest absolute Gasteiger partial charge is 0.508 e. The van der Waals surface area contributed by atoms with E-state index in [0.717, 1.165) is 18.2 Å². The highest BCUT2D eigenvalue weighted by molar-refractivity contribution is 5.93. The van der Waals surface area contributed by atoms with Gasteiger partial charge >= 0.3 is 17.9 Å². The summed E-state index contributed by atoms with van der Waals surface area (Å²) in [5.74, 6) is -11.0. The summed E-state index contributed by atoms with van der Waals surface area (Å²) in [7, 11) is 0. The maximum atomic E-state index is 13.1. The van der Waals surface area contributed by atoms with Gasteiger partial charge in [-0.05, 0) is 42.5 Å². The van der Waals surface area contributed by atoms with Crippen molar-refractivity contribution >= 4 is 17.9 Å². The number of carbonyl (C=O) groups excluding carboxylic acids is 2. The van der Waals surface area contributed by atoms with Crippen LogP contribution in [0.15, 0.2) is 42.5 Å². The van der Waals surface area contributed by atoms with Crippen molar-refractivity contribution in [2.75, 3.05) is 6.61 Å². The number of carboxylic acid groups (broad SMARTS) is 1. The molecule has 10 N–H and O–H groups in total. The summed E-state index contributed by atoms with van der Waals surface area (Å²) in [6.07, 6.45) is -9.62. The number of esters is 2. The predicted molar refractivity (Wildman–Crippen MR) is 139 cm³/mol. The normalized spacial score (nSPS) is 21.3. The van der Waals surface area contributed by atoms with Gasteiger partial charge in [-0.1, -0.05) is 0 Å². The van der Waals surface area contributed by atoms with Crippen LogP contribution in [-0.2, 0) is 14.2 Å². The van der Waals surface area contributed by atoms with Crippen molar-refractivity contribution in [1.82, 2.24) is 0 Å². The maximum Gasteiger partial charge on any atom is 0.339 e. The molecule has 1 aliphatic rings. The van der Waals surface area contributed by atoms with Crippen molar-refractivity contribution in [2.24, 2.45) is 0 Å². The van der Waals surface area contributed by atoms with Gasteiger partial charge in [0.15, 0.2) is 40.6 Å². The van der Waals surface area contributed by atoms with Crippen molar-refractivity contribution in [3.8, 4) is 46.0 Å². The third-order valence-corrected chi connectivity index (χ3v) is 6.33. The Morgan fingerprint density at radius 1 is 0.727 bits per heavy atom. The van der Waals surface area contributed by atoms with E-state index in [1.54, 1.807) is 0 Å². The van der Waals surface area contributed by atoms with E-state index in [1.165, 1.54) is 0 Å². The maximum absolute atomic E-state index is 13.1. The van der Waals surface area contributed by atoms with E-state index in [2.05, 4.69) is 0 Å². The quantitative estimate of drug-likeness (QED) is 0.119. The number of aliphatic hydroxyl groups is 2. The zero-order chi connectivity index (χ0) is 32.5. The van der Waals surface area contributed by atoms with Gasteiger partial charge in [0.05, 0.1) is 17.7 Å². The van der Waals surface area contributed by atoms with Crippen molar-refractivity contribution in [3.05, 3.63) is 59.2 Å². The van der Waals surface area contributed by atoms with Crippen molar-refractivity contribution in [1.29, 1.82) is 0 Å². The minimum Gasteiger partial charge on any atom is -0.508 e. The molecule has 3 aromatic carbocycles. The van der Waals surface area contributed by atoms with Crippen LogP contribution in [0.3, 0.4) is 0 Å². The Morgan fingerprint density at radius 3 is 1.66 bits per heavy atom. The minimum absolute atomic E-state index is 0.467. The molecule has 17 nitrogen and oxygen atoms in total. The summed E-state index contributed by atoms with van der Waals surface area (Å²) in [5.41, 5.74) is -1.76. The van der Waals surface area contributed by atoms with Gasteiger partial charge in [-0.3, -0.25) is 0 Å². The average Bonchev–Trinajstić information content (AvgIpc) is 2.97. The first-order chi connectivity index (χ1) is 20.7. The summed E-state index contributed by atoms with van der Waals surface area (Å²) >= 11 is 0. The van der Waals surface area contributed by atoms with Crippen molar-refractivity contribution < 1.29 is 84.4 Å². The second-order valence-corrected chi connectivity index (χ2v) is 9.29. The lowest BCUT2D eigenvalue weighted by molar-refractivity contribution is -0.276. The molecular weight excluding hydrogens is 596 g/mol. The first-order valence-corrected chi connectivity index (χ1v) is 12.3. The summed E-state index contributed by atoms with van der Waals surface area (Å²) in [6, 6.07) is 5.61. The van der Waals surface area contributed by atoms with Crippen LogP contribution in [0, 0.1) is 0 Å². The van der Waals surface area contributed by atoms with Crippen LogP contribution >= 0.6 is 0 Å². The molecule has 1 saturated heterocycles. The molecule has 1 fully saturated rings. The van der Waals surface area contributed by atoms with E-state index >= 15 is 0 Å². The molecule has 0 unspecified atom stereocenters. The van der Waals surface area contributed by atoms with Gasteiger partial charge in [-0.2, -0.15) is 0 Å². The van der Waals surface area contributed by atoms with Crippen LogP contribution in [0.1, 0.15) is 31.1 Å². The highest BCUT2D eigenvalue weighted by Gasteiger charge is 2.51. The van der Waals surface area contributed by atoms with E-state index in [-0.39, 0.29) is 0 Å². The topological polar surface area (TPSA) is 290 Å². The molecule has 0 aromatic heterocycles. The molecule has 1 heterocycles. The minimum atomic E-state index is -2.03. The van der Waals surface area contributed by atoms with Crippen LogP contribution < -0.4 is 4.74 Å². The second kappa shape index (κ2) is 12.3. The number of hydrogen-bond donors (Lipinski definition) is 10. The lowest BCUT2D eigenvalue weighted by atomic mass is 9.98. The monoisotopic (exact) mass is 620 g/mol. The SMILES string of the molecule is O=C(O[C@H]1[C@H](Oc2ccc(O)cc2C(=O)O)O[C@H](CO)[C@@H](O)[C@@H]1OC(=O)c1cc(O)c(O)c(O)c1)c1cc(O)c(O)c(O)c1. The first kappa shape index (κ1) is 31.3. The molecular formula is C27H24O17. The lowest BCUT2D eigenvalue weighted by Crippen LogP contribution is -2.62. The Labute approximate surface area is 245 Å². The zero-order valence-electron chi connectivity index (χ0n) is 22.0. The Bertz CT molecular complexity index is 1560. The third kappa shape index (κ3) is 6.24. The number of ether oxygens (including phenoxy) is 4. The molecule has 1 aliphatic heterocycles. The van der Waals surface area contributed by atoms with Gasteiger partial charge in [0.2, 0.25) is 12.4 Å². The number of phenols is 7. The highest BCUT2D eigenvalue weighted by atomic mass is 16.7. The molecule has 17 heteroatoms. The third-order valence-electron chi connectivity index (χ3n) is 6.33. The van der Waals surface area contributed by atoms with E-state index in [0.29, 0.717) is 24.3 Å². The van der Waals surface area contributed by atoms with Crippen LogP contribution in [0.4, 0.5) is 0 Å². The summed E-state index contributed by atoms with van der Waals surface area (Å²) in [5, 5.41) is 98.5. The zero-order valence-corrected chi connectivity index (χ0v) is 22.0. The average molecular weight is 620 g/mol. The number of carboxylic acids is 1. The van der Waals surface area contributed by atoms with Crippen molar-refractivity contribution in [3.63, 3.8) is 0 Å². The second-order valence-electron chi connectivity index (χ2n) is 9.29. The number of aromatic hydroxyl groups is 7. The molecule has 3 aromatic rings. The standard InChI is InChI=1S/C27H24O17/c28-8-18-21(36)22(43-25(39)9-3-13(30)19(34)14(31)4-9)23(44-26(40)10-5-15(32)20(35)16(33)6-10)27(42-18)41-17-2-1-11(29)7-12(17)24(37)38/h1-7,18,21-23,27-36H,8H2,(H,37,38)/t18-,21-,22+,23-,27-/m1/s1. The van der Waals surface area contributed by atoms with Crippen LogP contribution in [0.2, 0.25) is 0 Å². The fourth-order valence-electron chi connectivity index (χ4n) is 4.14. The first-order valence-electron chi connectivity index (χ1n) is 12.3. The molecule has 4 rings (SSSR count). The molecule has 0 aliphatic carbocycles. The summed E-state index contributed by atoms with van der Waals surface area (Å²) < 4.78 is 21.8. The molecule has 44 heavy (non-hydrogen) atoms. The van der Waals surface area contributed by atoms with Gasteiger partial charge in [0.25, 0.3) is 0 Å². The van der Waals surface area contributed by atoms with E-state index in [1.807, 2.05) is 0 Å². The number of aliphatic hydroxyl groups excluding tert-OH is 2. The van der Waals surface area contributed by atoms with Gasteiger partial charge in [0.1, 0.15) is 29.3 Å². The van der Waals surface area contributed by atoms with E-state index in [9.17, 15) is 65.4 Å². The Balaban J connectivity index is 1.77. The number of carbonyl (C=O) groups is 3. The molecule has 5 atom stereocenters. The Hall–Kier alpha value is -5.65. The van der Waals surface area contributed by atoms with Crippen LogP contribution in [-0.4, -0.2) is 106 Å². The van der Waals surface area contributed by atoms with E-state index in [4.69, 9.17) is 18.9 Å². The molecule has 0 amide bonds. The van der Waals surface area contributed by atoms with Gasteiger partial charge in [-0.15, -0.1) is 0 Å². The lowest BCUT2D eigenvalue weighted by Gasteiger charge is -2.42. The Morgan fingerprint density at radius 2 is 1.20 bits per heavy atom. The van der Waals surface area contributed by atoms with Crippen molar-refractivity contribution in [2.45, 2.75) is 30.7 Å². The number of rotatable bonds is 8. The van der Waals surface area contributed by atoms with Gasteiger partial charge in [0, 0.05) is 0 Å². The number of phenolic OH excluding ortho intramolecular Hbond substituents is 7. The van der Waals surface area contributed by atoms with Crippen LogP contribution in [0.5, 0.6) is 46.0 Å². The van der Waals surface area contributed by atoms with Crippen LogP contribution in [0.25, 0.3) is 0 Å². The fourth-order valence-corrected chi connectivity index (χ4v) is 4.14. The Kier molecular flexibility index (Phi) is 8.74. The molecule has 0 bridgehead atoms. The number of hydrogen-bond acceptors (Lipinski definition) is 16. The highest BCUT2D eigenvalue weighted by Crippen LogP contribution is 2.38. The molecule has 234 valence electrons. The molecule has 0 radical (unpaired) electrons. The number of benzene rings is 3. The number of aromatic carboxylic acids is 1. The van der Waals surface area contributed by atoms with Gasteiger partial charge < -0.3 is 70.0 Å². The predicted octanol–water partition coefficient (Wildman–Crippen LogP) is 0.232. The van der Waals surface area contributed by atoms with E-state index < -0.39 is 118 Å². The van der Waals surface area contributed by atoms with Gasteiger partial charge in [-0.25, -0.2) is 14.4 Å². The molecule has 0 spiro atoms. The summed E-state index contributed by atoms with van der Waals surface area (Å²) in [6.45, 7) is -0.947. The smallest absolute Gasteiger partial charge is 0.339 e. The summed E-state index contributed by atoms with van der Waals surface area (Å²) in [4.78, 5) is 37.9. The fraction of sp³-hybridized carbons (Fsp3) is 0.222.